The van der Waals surface area contributed by atoms with Crippen molar-refractivity contribution in [2.75, 3.05) is 26.7 Å². The van der Waals surface area contributed by atoms with Gasteiger partial charge in [-0.3, -0.25) is 4.98 Å². The van der Waals surface area contributed by atoms with E-state index >= 15 is 0 Å². The van der Waals surface area contributed by atoms with Crippen molar-refractivity contribution in [2.45, 2.75) is 26.2 Å². The number of ether oxygens (including phenoxy) is 1. The van der Waals surface area contributed by atoms with Crippen LogP contribution in [0.3, 0.4) is 0 Å². The fourth-order valence-corrected chi connectivity index (χ4v) is 2.16. The van der Waals surface area contributed by atoms with E-state index in [2.05, 4.69) is 40.2 Å². The van der Waals surface area contributed by atoms with Crippen LogP contribution in [-0.4, -0.2) is 46.9 Å². The Bertz CT molecular complexity index is 557. The van der Waals surface area contributed by atoms with E-state index in [1.165, 1.54) is 0 Å². The monoisotopic (exact) mass is 316 g/mol. The van der Waals surface area contributed by atoms with Crippen LogP contribution in [-0.2, 0) is 0 Å². The highest BCUT2D eigenvalue weighted by atomic mass is 16.6. The predicted molar refractivity (Wildman–Crippen MR) is 89.0 cm³/mol. The van der Waals surface area contributed by atoms with Gasteiger partial charge in [-0.25, -0.2) is 4.63 Å². The van der Waals surface area contributed by atoms with E-state index in [4.69, 9.17) is 9.37 Å². The first kappa shape index (κ1) is 17.1. The second kappa shape index (κ2) is 9.74. The molecule has 6 heteroatoms. The molecule has 1 aliphatic heterocycles. The van der Waals surface area contributed by atoms with E-state index in [-0.39, 0.29) is 0 Å². The van der Waals surface area contributed by atoms with Crippen LogP contribution in [0, 0.1) is 0 Å². The van der Waals surface area contributed by atoms with Crippen molar-refractivity contribution in [1.82, 2.24) is 20.2 Å². The smallest absolute Gasteiger partial charge is 0.283 e. The van der Waals surface area contributed by atoms with Crippen molar-refractivity contribution in [3.63, 3.8) is 0 Å². The average Bonchev–Trinajstić information content (AvgIpc) is 3.06. The Morgan fingerprint density at radius 1 is 1.22 bits per heavy atom. The van der Waals surface area contributed by atoms with Gasteiger partial charge in [-0.05, 0) is 47.9 Å². The first-order valence-corrected chi connectivity index (χ1v) is 7.99. The van der Waals surface area contributed by atoms with Gasteiger partial charge in [0.2, 0.25) is 0 Å². The standard InChI is InChI=1S/C12H19N3O2.C5H5N/c1-3-4-8-16-12-11(13-17-14-12)10-6-5-7-15(2)9-10;1-2-4-6-5-3-1/h6H,3-5,7-9H2,1-2H3;1-5H. The van der Waals surface area contributed by atoms with Crippen LogP contribution in [0.15, 0.2) is 41.3 Å². The molecule has 2 aromatic rings. The highest BCUT2D eigenvalue weighted by molar-refractivity contribution is 5.67. The molecule has 3 heterocycles. The Morgan fingerprint density at radius 2 is 2.04 bits per heavy atom. The second-order valence-electron chi connectivity index (χ2n) is 5.40. The summed E-state index contributed by atoms with van der Waals surface area (Å²) in [6.07, 6.45) is 8.84. The zero-order valence-electron chi connectivity index (χ0n) is 13.8. The fourth-order valence-electron chi connectivity index (χ4n) is 2.16. The number of likely N-dealkylation sites (N-methyl/N-ethyl adjacent to an activating group) is 1. The zero-order valence-corrected chi connectivity index (χ0v) is 13.8. The van der Waals surface area contributed by atoms with Crippen LogP contribution in [0.25, 0.3) is 5.57 Å². The summed E-state index contributed by atoms with van der Waals surface area (Å²) >= 11 is 0. The van der Waals surface area contributed by atoms with Crippen LogP contribution >= 0.6 is 0 Å². The largest absolute Gasteiger partial charge is 0.474 e. The minimum absolute atomic E-state index is 0.528. The van der Waals surface area contributed by atoms with Crippen LogP contribution in [0.2, 0.25) is 0 Å². The fraction of sp³-hybridized carbons (Fsp3) is 0.471. The molecule has 6 nitrogen and oxygen atoms in total. The molecule has 0 bridgehead atoms. The molecule has 0 fully saturated rings. The molecule has 0 saturated heterocycles. The van der Waals surface area contributed by atoms with Crippen LogP contribution in [0.4, 0.5) is 0 Å². The van der Waals surface area contributed by atoms with Gasteiger partial charge in [-0.15, -0.1) is 0 Å². The quantitative estimate of drug-likeness (QED) is 0.790. The van der Waals surface area contributed by atoms with Crippen molar-refractivity contribution in [3.05, 3.63) is 42.4 Å². The van der Waals surface area contributed by atoms with E-state index in [0.717, 1.165) is 43.6 Å². The first-order chi connectivity index (χ1) is 11.3. The van der Waals surface area contributed by atoms with Gasteiger partial charge in [0.15, 0.2) is 5.69 Å². The van der Waals surface area contributed by atoms with Crippen molar-refractivity contribution >= 4 is 5.57 Å². The summed E-state index contributed by atoms with van der Waals surface area (Å²) in [5.74, 6) is 0.528. The van der Waals surface area contributed by atoms with Gasteiger partial charge >= 0.3 is 0 Å². The number of hydrogen-bond donors (Lipinski definition) is 0. The molecule has 2 aromatic heterocycles. The number of pyridine rings is 1. The van der Waals surface area contributed by atoms with Crippen LogP contribution in [0.1, 0.15) is 31.9 Å². The van der Waals surface area contributed by atoms with Crippen molar-refractivity contribution in [1.29, 1.82) is 0 Å². The molecular weight excluding hydrogens is 292 g/mol. The van der Waals surface area contributed by atoms with E-state index in [1.807, 2.05) is 18.2 Å². The van der Waals surface area contributed by atoms with Gasteiger partial charge in [-0.1, -0.05) is 25.5 Å². The average molecular weight is 316 g/mol. The van der Waals surface area contributed by atoms with Crippen LogP contribution in [0.5, 0.6) is 5.88 Å². The molecule has 0 atom stereocenters. The minimum Gasteiger partial charge on any atom is -0.474 e. The lowest BCUT2D eigenvalue weighted by molar-refractivity contribution is 0.252. The first-order valence-electron chi connectivity index (χ1n) is 7.99. The normalized spacial score (nSPS) is 14.6. The molecule has 1 aliphatic rings. The summed E-state index contributed by atoms with van der Waals surface area (Å²) in [5.41, 5.74) is 1.90. The number of hydrogen-bond acceptors (Lipinski definition) is 6. The Labute approximate surface area is 137 Å². The van der Waals surface area contributed by atoms with Crippen LogP contribution < -0.4 is 4.74 Å². The molecule has 0 aromatic carbocycles. The third kappa shape index (κ3) is 5.83. The van der Waals surface area contributed by atoms with Gasteiger partial charge in [0.1, 0.15) is 0 Å². The Morgan fingerprint density at radius 3 is 2.65 bits per heavy atom. The molecule has 0 aliphatic carbocycles. The summed E-state index contributed by atoms with van der Waals surface area (Å²) in [5, 5.41) is 7.77. The minimum atomic E-state index is 0.528. The molecule has 124 valence electrons. The molecule has 0 amide bonds. The maximum Gasteiger partial charge on any atom is 0.283 e. The number of aromatic nitrogens is 3. The third-order valence-electron chi connectivity index (χ3n) is 3.41. The number of unbranched alkanes of at least 4 members (excludes halogenated alkanes) is 1. The summed E-state index contributed by atoms with van der Waals surface area (Å²) in [4.78, 5) is 6.03. The van der Waals surface area contributed by atoms with Gasteiger partial charge in [0.25, 0.3) is 5.88 Å². The van der Waals surface area contributed by atoms with Crippen molar-refractivity contribution in [3.8, 4) is 5.88 Å². The predicted octanol–water partition coefficient (Wildman–Crippen LogP) is 3.05. The van der Waals surface area contributed by atoms with Crippen molar-refractivity contribution < 1.29 is 9.37 Å². The summed E-state index contributed by atoms with van der Waals surface area (Å²) in [7, 11) is 2.10. The molecular formula is C17H24N4O2. The lowest BCUT2D eigenvalue weighted by Crippen LogP contribution is -2.25. The summed E-state index contributed by atoms with van der Waals surface area (Å²) in [6.45, 7) is 4.75. The maximum absolute atomic E-state index is 5.58. The Balaban J connectivity index is 0.000000268. The van der Waals surface area contributed by atoms with Crippen molar-refractivity contribution in [2.24, 2.45) is 0 Å². The molecule has 3 rings (SSSR count). The molecule has 0 N–H and O–H groups in total. The Hall–Kier alpha value is -2.21. The summed E-state index contributed by atoms with van der Waals surface area (Å²) < 4.78 is 10.4. The van der Waals surface area contributed by atoms with Gasteiger partial charge in [0, 0.05) is 25.5 Å². The molecule has 0 spiro atoms. The SMILES string of the molecule is CCCCOc1nonc1C1=CCCN(C)C1.c1ccncc1. The lowest BCUT2D eigenvalue weighted by atomic mass is 10.1. The second-order valence-corrected chi connectivity index (χ2v) is 5.40. The molecule has 0 saturated carbocycles. The maximum atomic E-state index is 5.58. The number of nitrogens with zero attached hydrogens (tertiary/aromatic N) is 4. The van der Waals surface area contributed by atoms with E-state index in [0.29, 0.717) is 12.5 Å². The highest BCUT2D eigenvalue weighted by Gasteiger charge is 2.19. The molecule has 0 unspecified atom stereocenters. The zero-order chi connectivity index (χ0) is 16.3. The molecule has 23 heavy (non-hydrogen) atoms. The molecule has 0 radical (unpaired) electrons. The number of rotatable bonds is 5. The van der Waals surface area contributed by atoms with Gasteiger partial charge in [-0.2, -0.15) is 0 Å². The third-order valence-corrected chi connectivity index (χ3v) is 3.41. The Kier molecular flexibility index (Phi) is 7.26. The lowest BCUT2D eigenvalue weighted by Gasteiger charge is -2.21. The van der Waals surface area contributed by atoms with E-state index in [9.17, 15) is 0 Å². The van der Waals surface area contributed by atoms with E-state index in [1.54, 1.807) is 12.4 Å². The van der Waals surface area contributed by atoms with Gasteiger partial charge < -0.3 is 9.64 Å². The highest BCUT2D eigenvalue weighted by Crippen LogP contribution is 2.25. The van der Waals surface area contributed by atoms with E-state index < -0.39 is 0 Å². The van der Waals surface area contributed by atoms with Gasteiger partial charge in [0.05, 0.1) is 6.61 Å². The summed E-state index contributed by atoms with van der Waals surface area (Å²) in [6, 6.07) is 5.72. The topological polar surface area (TPSA) is 64.3 Å².